The third kappa shape index (κ3) is 4.26. The maximum absolute atomic E-state index is 16.1. The fourth-order valence-electron chi connectivity index (χ4n) is 5.17. The van der Waals surface area contributed by atoms with Gasteiger partial charge in [-0.1, -0.05) is 12.1 Å². The maximum atomic E-state index is 16.1. The first-order valence-electron chi connectivity index (χ1n) is 12.5. The molecule has 0 unspecified atom stereocenters. The van der Waals surface area contributed by atoms with Crippen molar-refractivity contribution in [1.82, 2.24) is 40.0 Å². The van der Waals surface area contributed by atoms with Crippen LogP contribution < -0.4 is 0 Å². The second kappa shape index (κ2) is 9.19. The molecule has 6 heterocycles. The molecule has 1 fully saturated rings. The number of benzene rings is 1. The van der Waals surface area contributed by atoms with Crippen LogP contribution in [0.5, 0.6) is 0 Å². The average molecular weight is 545 g/mol. The lowest BCUT2D eigenvalue weighted by molar-refractivity contribution is 0.0115. The van der Waals surface area contributed by atoms with Crippen LogP contribution in [0.2, 0.25) is 0 Å². The summed E-state index contributed by atoms with van der Waals surface area (Å²) >= 11 is 0. The van der Waals surface area contributed by atoms with E-state index in [0.717, 1.165) is 0 Å². The molecule has 8 nitrogen and oxygen atoms in total. The highest BCUT2D eigenvalue weighted by molar-refractivity contribution is 5.97. The molecule has 12 heteroatoms. The van der Waals surface area contributed by atoms with Gasteiger partial charge in [0, 0.05) is 49.2 Å². The van der Waals surface area contributed by atoms with Crippen LogP contribution in [0.1, 0.15) is 12.0 Å². The standard InChI is InChI=1S/C28H20F4N8/c29-18-3-1-2-16(9-18)19-4-6-34-26-24(19)36-27(37-26)25-21-20(38-39-25)12-35-23(22(21)30)17-8-15(10-33-11-17)13-40-7-5-28(31,32)14-40/h1-4,6,8-12H,5,7,13-14H2,(H,38,39)(H,34,36,37). The molecule has 0 atom stereocenters. The molecule has 1 aromatic carbocycles. The van der Waals surface area contributed by atoms with Crippen molar-refractivity contribution in [2.45, 2.75) is 18.9 Å². The number of hydrogen-bond donors (Lipinski definition) is 2. The van der Waals surface area contributed by atoms with E-state index in [1.807, 2.05) is 0 Å². The van der Waals surface area contributed by atoms with Crippen molar-refractivity contribution in [3.05, 3.63) is 78.4 Å². The summed E-state index contributed by atoms with van der Waals surface area (Å²) in [5.74, 6) is -3.44. The summed E-state index contributed by atoms with van der Waals surface area (Å²) in [5.41, 5.74) is 3.96. The first-order chi connectivity index (χ1) is 19.3. The average Bonchev–Trinajstić information content (AvgIpc) is 3.65. The van der Waals surface area contributed by atoms with Crippen LogP contribution in [0.4, 0.5) is 17.6 Å². The molecule has 0 spiro atoms. The topological polar surface area (TPSA) is 99.3 Å². The van der Waals surface area contributed by atoms with E-state index >= 15 is 4.39 Å². The molecular formula is C28H20F4N8. The smallest absolute Gasteiger partial charge is 0.261 e. The molecule has 0 aliphatic carbocycles. The van der Waals surface area contributed by atoms with Crippen LogP contribution in [-0.4, -0.2) is 59.0 Å². The van der Waals surface area contributed by atoms with Crippen molar-refractivity contribution in [1.29, 1.82) is 0 Å². The lowest BCUT2D eigenvalue weighted by Gasteiger charge is -2.15. The van der Waals surface area contributed by atoms with Gasteiger partial charge in [-0.25, -0.2) is 27.5 Å². The fraction of sp³-hybridized carbons (Fsp3) is 0.179. The molecule has 0 saturated carbocycles. The molecule has 1 aliphatic rings. The number of fused-ring (bicyclic) bond motifs is 2. The summed E-state index contributed by atoms with van der Waals surface area (Å²) in [6, 6.07) is 9.61. The third-order valence-electron chi connectivity index (χ3n) is 7.02. The number of aromatic nitrogens is 7. The zero-order valence-corrected chi connectivity index (χ0v) is 20.8. The number of likely N-dealkylation sites (tertiary alicyclic amines) is 1. The molecule has 0 bridgehead atoms. The Morgan fingerprint density at radius 1 is 0.975 bits per heavy atom. The Kier molecular flexibility index (Phi) is 5.59. The van der Waals surface area contributed by atoms with E-state index < -0.39 is 11.7 Å². The first-order valence-corrected chi connectivity index (χ1v) is 12.5. The second-order valence-electron chi connectivity index (χ2n) is 9.83. The highest BCUT2D eigenvalue weighted by Gasteiger charge is 2.38. The summed E-state index contributed by atoms with van der Waals surface area (Å²) in [6.45, 7) is 0.236. The van der Waals surface area contributed by atoms with Gasteiger partial charge in [0.05, 0.1) is 29.2 Å². The predicted octanol–water partition coefficient (Wildman–Crippen LogP) is 5.74. The lowest BCUT2D eigenvalue weighted by atomic mass is 10.1. The summed E-state index contributed by atoms with van der Waals surface area (Å²) in [6.07, 6.45) is 5.92. The Balaban J connectivity index is 1.28. The van der Waals surface area contributed by atoms with Crippen molar-refractivity contribution < 1.29 is 17.6 Å². The summed E-state index contributed by atoms with van der Waals surface area (Å²) in [7, 11) is 0. The van der Waals surface area contributed by atoms with E-state index in [-0.39, 0.29) is 54.5 Å². The Morgan fingerprint density at radius 2 is 1.88 bits per heavy atom. The second-order valence-corrected chi connectivity index (χ2v) is 9.83. The lowest BCUT2D eigenvalue weighted by Crippen LogP contribution is -2.24. The van der Waals surface area contributed by atoms with E-state index in [1.165, 1.54) is 24.5 Å². The van der Waals surface area contributed by atoms with Crippen molar-refractivity contribution in [3.8, 4) is 33.9 Å². The Morgan fingerprint density at radius 3 is 2.70 bits per heavy atom. The number of nitrogens with zero attached hydrogens (tertiary/aromatic N) is 6. The number of H-pyrrole nitrogens is 2. The van der Waals surface area contributed by atoms with Crippen LogP contribution in [0.15, 0.2) is 61.2 Å². The Hall–Kier alpha value is -4.71. The minimum atomic E-state index is -2.70. The van der Waals surface area contributed by atoms with Crippen LogP contribution >= 0.6 is 0 Å². The number of alkyl halides is 2. The molecule has 6 aromatic rings. The summed E-state index contributed by atoms with van der Waals surface area (Å²) in [5, 5.41) is 7.26. The zero-order chi connectivity index (χ0) is 27.4. The molecule has 1 saturated heterocycles. The number of halogens is 4. The Bertz CT molecular complexity index is 1900. The normalized spacial score (nSPS) is 15.4. The van der Waals surface area contributed by atoms with Crippen molar-refractivity contribution in [2.75, 3.05) is 13.1 Å². The van der Waals surface area contributed by atoms with Crippen molar-refractivity contribution in [3.63, 3.8) is 0 Å². The number of hydrogen-bond acceptors (Lipinski definition) is 6. The number of rotatable bonds is 5. The SMILES string of the molecule is Fc1cccc(-c2ccnc3nc(-c4n[nH]c5cnc(-c6cncc(CN7CCC(F)(F)C7)c6)c(F)c45)[nH]c23)c1. The highest BCUT2D eigenvalue weighted by Crippen LogP contribution is 2.34. The molecule has 200 valence electrons. The number of pyridine rings is 3. The van der Waals surface area contributed by atoms with E-state index in [4.69, 9.17) is 0 Å². The molecule has 1 aliphatic heterocycles. The van der Waals surface area contributed by atoms with E-state index in [0.29, 0.717) is 38.9 Å². The molecule has 7 rings (SSSR count). The van der Waals surface area contributed by atoms with Gasteiger partial charge in [-0.15, -0.1) is 0 Å². The predicted molar refractivity (Wildman–Crippen MR) is 140 cm³/mol. The van der Waals surface area contributed by atoms with E-state index in [2.05, 4.69) is 35.1 Å². The van der Waals surface area contributed by atoms with Crippen LogP contribution in [0.25, 0.3) is 56.0 Å². The van der Waals surface area contributed by atoms with Crippen LogP contribution in [-0.2, 0) is 6.54 Å². The molecule has 0 radical (unpaired) electrons. The van der Waals surface area contributed by atoms with Gasteiger partial charge >= 0.3 is 0 Å². The largest absolute Gasteiger partial charge is 0.335 e. The number of imidazole rings is 1. The van der Waals surface area contributed by atoms with Gasteiger partial charge in [-0.2, -0.15) is 5.10 Å². The minimum absolute atomic E-state index is 0.0472. The summed E-state index contributed by atoms with van der Waals surface area (Å²) in [4.78, 5) is 22.2. The highest BCUT2D eigenvalue weighted by atomic mass is 19.3. The van der Waals surface area contributed by atoms with Crippen molar-refractivity contribution in [2.24, 2.45) is 0 Å². The number of aromatic amines is 2. The van der Waals surface area contributed by atoms with Gasteiger partial charge in [0.15, 0.2) is 17.3 Å². The minimum Gasteiger partial charge on any atom is -0.335 e. The van der Waals surface area contributed by atoms with Crippen molar-refractivity contribution >= 4 is 22.1 Å². The monoisotopic (exact) mass is 544 g/mol. The zero-order valence-electron chi connectivity index (χ0n) is 20.8. The van der Waals surface area contributed by atoms with Gasteiger partial charge in [-0.3, -0.25) is 20.0 Å². The van der Waals surface area contributed by atoms with Crippen LogP contribution in [0, 0.1) is 11.6 Å². The molecule has 0 amide bonds. The first kappa shape index (κ1) is 24.3. The summed E-state index contributed by atoms with van der Waals surface area (Å²) < 4.78 is 57.2. The molecule has 40 heavy (non-hydrogen) atoms. The van der Waals surface area contributed by atoms with Gasteiger partial charge in [-0.05, 0) is 35.4 Å². The third-order valence-corrected chi connectivity index (χ3v) is 7.02. The van der Waals surface area contributed by atoms with Gasteiger partial charge in [0.1, 0.15) is 17.2 Å². The quantitative estimate of drug-likeness (QED) is 0.269. The molecular weight excluding hydrogens is 524 g/mol. The van der Waals surface area contributed by atoms with Gasteiger partial charge in [0.25, 0.3) is 5.92 Å². The van der Waals surface area contributed by atoms with Gasteiger partial charge < -0.3 is 4.98 Å². The maximum Gasteiger partial charge on any atom is 0.261 e. The molecule has 2 N–H and O–H groups in total. The van der Waals surface area contributed by atoms with Gasteiger partial charge in [0.2, 0.25) is 0 Å². The van der Waals surface area contributed by atoms with Crippen LogP contribution in [0.3, 0.4) is 0 Å². The molecule has 5 aromatic heterocycles. The fourth-order valence-corrected chi connectivity index (χ4v) is 5.17. The number of nitrogens with one attached hydrogen (secondary N) is 2. The Labute approximate surface area is 224 Å². The van der Waals surface area contributed by atoms with E-state index in [1.54, 1.807) is 41.6 Å². The van der Waals surface area contributed by atoms with E-state index in [9.17, 15) is 13.2 Å².